The normalized spacial score (nSPS) is 25.7. The van der Waals surface area contributed by atoms with Gasteiger partial charge in [-0.05, 0) is 0 Å². The SMILES string of the molecule is CN(C)c1nc2ncc(C(O)C3COP(=O)(O)O3)nc2c(=O)[nH]1. The fourth-order valence-corrected chi connectivity index (χ4v) is 2.93. The minimum Gasteiger partial charge on any atom is -0.384 e. The molecule has 2 aromatic heterocycles. The third-order valence-electron chi connectivity index (χ3n) is 3.17. The number of aliphatic hydroxyl groups excluding tert-OH is 1. The summed E-state index contributed by atoms with van der Waals surface area (Å²) in [6, 6.07) is 0. The summed E-state index contributed by atoms with van der Waals surface area (Å²) in [6.07, 6.45) is -1.23. The van der Waals surface area contributed by atoms with Crippen LogP contribution in [0.1, 0.15) is 11.8 Å². The van der Waals surface area contributed by atoms with Crippen LogP contribution in [0.3, 0.4) is 0 Å². The van der Waals surface area contributed by atoms with Crippen molar-refractivity contribution in [2.24, 2.45) is 0 Å². The molecule has 0 amide bonds. The number of anilines is 1. The summed E-state index contributed by atoms with van der Waals surface area (Å²) in [5, 5.41) is 10.2. The van der Waals surface area contributed by atoms with E-state index in [9.17, 15) is 14.5 Å². The predicted octanol–water partition coefficient (Wildman–Crippen LogP) is -0.672. The van der Waals surface area contributed by atoms with E-state index >= 15 is 0 Å². The van der Waals surface area contributed by atoms with Gasteiger partial charge in [0.15, 0.2) is 11.2 Å². The van der Waals surface area contributed by atoms with Crippen molar-refractivity contribution < 1.29 is 23.6 Å². The van der Waals surface area contributed by atoms with Crippen LogP contribution in [0, 0.1) is 0 Å². The Bertz CT molecular complexity index is 854. The lowest BCUT2D eigenvalue weighted by Gasteiger charge is -2.15. The second kappa shape index (κ2) is 5.62. The van der Waals surface area contributed by atoms with Crippen LogP contribution in [-0.4, -0.2) is 56.7 Å². The van der Waals surface area contributed by atoms with E-state index in [0.717, 1.165) is 0 Å². The third kappa shape index (κ3) is 3.09. The molecule has 1 aliphatic heterocycles. The number of phosphoric acid groups is 1. The topological polar surface area (TPSA) is 151 Å². The second-order valence-electron chi connectivity index (χ2n) is 5.10. The largest absolute Gasteiger partial charge is 0.472 e. The Balaban J connectivity index is 1.97. The van der Waals surface area contributed by atoms with E-state index in [2.05, 4.69) is 24.5 Å². The molecule has 0 aromatic carbocycles. The molecule has 0 bridgehead atoms. The predicted molar refractivity (Wildman–Crippen MR) is 77.9 cm³/mol. The molecule has 11 nitrogen and oxygen atoms in total. The van der Waals surface area contributed by atoms with Gasteiger partial charge in [0, 0.05) is 14.1 Å². The molecule has 23 heavy (non-hydrogen) atoms. The van der Waals surface area contributed by atoms with Crippen molar-refractivity contribution in [1.29, 1.82) is 0 Å². The molecule has 0 radical (unpaired) electrons. The number of aromatic nitrogens is 4. The molecule has 3 heterocycles. The fraction of sp³-hybridized carbons (Fsp3) is 0.455. The number of rotatable bonds is 3. The first-order valence-electron chi connectivity index (χ1n) is 6.55. The van der Waals surface area contributed by atoms with Crippen molar-refractivity contribution >= 4 is 24.9 Å². The number of aliphatic hydroxyl groups is 1. The van der Waals surface area contributed by atoms with Crippen molar-refractivity contribution in [3.05, 3.63) is 22.2 Å². The Morgan fingerprint density at radius 2 is 2.22 bits per heavy atom. The highest BCUT2D eigenvalue weighted by atomic mass is 31.2. The van der Waals surface area contributed by atoms with Crippen LogP contribution in [0.5, 0.6) is 0 Å². The summed E-state index contributed by atoms with van der Waals surface area (Å²) >= 11 is 0. The number of nitrogens with zero attached hydrogens (tertiary/aromatic N) is 4. The van der Waals surface area contributed by atoms with E-state index in [0.29, 0.717) is 5.95 Å². The molecule has 12 heteroatoms. The van der Waals surface area contributed by atoms with Crippen LogP contribution in [-0.2, 0) is 13.6 Å². The lowest BCUT2D eigenvalue weighted by molar-refractivity contribution is 0.0422. The molecule has 3 rings (SSSR count). The molecular formula is C11H14N5O6P. The van der Waals surface area contributed by atoms with E-state index in [1.807, 2.05) is 0 Å². The minimum absolute atomic E-state index is 0.0119. The van der Waals surface area contributed by atoms with Crippen molar-refractivity contribution in [3.63, 3.8) is 0 Å². The van der Waals surface area contributed by atoms with Gasteiger partial charge >= 0.3 is 7.82 Å². The number of H-pyrrole nitrogens is 1. The first-order chi connectivity index (χ1) is 10.8. The first-order valence-corrected chi connectivity index (χ1v) is 8.04. The average molecular weight is 343 g/mol. The van der Waals surface area contributed by atoms with Crippen molar-refractivity contribution in [2.75, 3.05) is 25.6 Å². The van der Waals surface area contributed by atoms with Crippen LogP contribution in [0.2, 0.25) is 0 Å². The zero-order chi connectivity index (χ0) is 16.8. The molecule has 1 saturated heterocycles. The van der Waals surface area contributed by atoms with Crippen molar-refractivity contribution in [1.82, 2.24) is 19.9 Å². The summed E-state index contributed by atoms with van der Waals surface area (Å²) < 4.78 is 20.5. The zero-order valence-electron chi connectivity index (χ0n) is 12.2. The third-order valence-corrected chi connectivity index (χ3v) is 4.19. The zero-order valence-corrected chi connectivity index (χ0v) is 13.1. The van der Waals surface area contributed by atoms with Gasteiger partial charge in [0.2, 0.25) is 5.95 Å². The fourth-order valence-electron chi connectivity index (χ4n) is 2.01. The molecule has 0 saturated carbocycles. The van der Waals surface area contributed by atoms with Gasteiger partial charge in [0.25, 0.3) is 5.56 Å². The second-order valence-corrected chi connectivity index (χ2v) is 6.51. The van der Waals surface area contributed by atoms with Gasteiger partial charge < -0.3 is 14.9 Å². The Morgan fingerprint density at radius 3 is 2.83 bits per heavy atom. The van der Waals surface area contributed by atoms with Gasteiger partial charge in [0.1, 0.15) is 12.2 Å². The maximum absolute atomic E-state index is 12.1. The maximum atomic E-state index is 12.1. The Morgan fingerprint density at radius 1 is 1.48 bits per heavy atom. The van der Waals surface area contributed by atoms with E-state index in [1.165, 1.54) is 6.20 Å². The smallest absolute Gasteiger partial charge is 0.384 e. The van der Waals surface area contributed by atoms with Gasteiger partial charge in [-0.2, -0.15) is 4.98 Å². The van der Waals surface area contributed by atoms with Gasteiger partial charge in [0.05, 0.1) is 18.5 Å². The number of aromatic amines is 1. The Labute approximate surface area is 129 Å². The van der Waals surface area contributed by atoms with Crippen LogP contribution in [0.25, 0.3) is 11.2 Å². The standard InChI is InChI=1S/C11H14N5O6P/c1-16(2)11-14-9-7(10(18)15-11)13-5(3-12-9)8(17)6-4-21-23(19,20)22-6/h3,6,8,17H,4H2,1-2H3,(H,19,20)(H,12,14,15,18). The highest BCUT2D eigenvalue weighted by Crippen LogP contribution is 2.51. The number of hydrogen-bond acceptors (Lipinski definition) is 9. The van der Waals surface area contributed by atoms with Gasteiger partial charge in [-0.25, -0.2) is 14.5 Å². The minimum atomic E-state index is -4.14. The van der Waals surface area contributed by atoms with E-state index < -0.39 is 25.6 Å². The van der Waals surface area contributed by atoms with Crippen molar-refractivity contribution in [2.45, 2.75) is 12.2 Å². The van der Waals surface area contributed by atoms with Crippen LogP contribution in [0.4, 0.5) is 5.95 Å². The molecule has 0 spiro atoms. The van der Waals surface area contributed by atoms with Gasteiger partial charge in [-0.3, -0.25) is 18.8 Å². The molecule has 124 valence electrons. The highest BCUT2D eigenvalue weighted by molar-refractivity contribution is 7.47. The summed E-state index contributed by atoms with van der Waals surface area (Å²) in [5.41, 5.74) is -0.447. The molecule has 3 N–H and O–H groups in total. The summed E-state index contributed by atoms with van der Waals surface area (Å²) in [6.45, 7) is -0.275. The number of hydrogen-bond donors (Lipinski definition) is 3. The quantitative estimate of drug-likeness (QED) is 0.612. The van der Waals surface area contributed by atoms with Crippen LogP contribution < -0.4 is 10.5 Å². The lowest BCUT2D eigenvalue weighted by atomic mass is 10.1. The number of nitrogens with one attached hydrogen (secondary N) is 1. The summed E-state index contributed by atoms with van der Waals surface area (Å²) in [5.74, 6) is 0.318. The molecule has 3 atom stereocenters. The summed E-state index contributed by atoms with van der Waals surface area (Å²) in [7, 11) is -0.726. The van der Waals surface area contributed by atoms with Crippen molar-refractivity contribution in [3.8, 4) is 0 Å². The monoisotopic (exact) mass is 343 g/mol. The van der Waals surface area contributed by atoms with Gasteiger partial charge in [-0.15, -0.1) is 0 Å². The highest BCUT2D eigenvalue weighted by Gasteiger charge is 2.40. The molecule has 1 fully saturated rings. The van der Waals surface area contributed by atoms with Crippen LogP contribution >= 0.6 is 7.82 Å². The Hall–Kier alpha value is -1.91. The first kappa shape index (κ1) is 16.0. The molecule has 0 aliphatic carbocycles. The Kier molecular flexibility index (Phi) is 3.90. The summed E-state index contributed by atoms with van der Waals surface area (Å²) in [4.78, 5) is 37.5. The molecule has 1 aliphatic rings. The lowest BCUT2D eigenvalue weighted by Crippen LogP contribution is -2.23. The van der Waals surface area contributed by atoms with E-state index in [-0.39, 0.29) is 23.5 Å². The molecule has 2 aromatic rings. The maximum Gasteiger partial charge on any atom is 0.472 e. The number of phosphoric ester groups is 1. The van der Waals surface area contributed by atoms with E-state index in [1.54, 1.807) is 19.0 Å². The molecular weight excluding hydrogens is 329 g/mol. The van der Waals surface area contributed by atoms with Gasteiger partial charge in [-0.1, -0.05) is 0 Å². The average Bonchev–Trinajstić information content (AvgIpc) is 2.86. The van der Waals surface area contributed by atoms with E-state index in [4.69, 9.17) is 9.42 Å². The van der Waals surface area contributed by atoms with Crippen LogP contribution in [0.15, 0.2) is 11.0 Å². The molecule has 3 unspecified atom stereocenters. The number of fused-ring (bicyclic) bond motifs is 1.